The zero-order valence-electron chi connectivity index (χ0n) is 16.6. The number of hydrogen-bond donors (Lipinski definition) is 1. The van der Waals surface area contributed by atoms with Gasteiger partial charge in [0.2, 0.25) is 11.8 Å². The Morgan fingerprint density at radius 2 is 1.83 bits per heavy atom. The molecule has 1 N–H and O–H groups in total. The van der Waals surface area contributed by atoms with Crippen molar-refractivity contribution in [1.29, 1.82) is 0 Å². The Morgan fingerprint density at radius 1 is 1.14 bits per heavy atom. The highest BCUT2D eigenvalue weighted by molar-refractivity contribution is 6.31. The third kappa shape index (κ3) is 5.34. The number of carbonyl (C=O) groups is 2. The van der Waals surface area contributed by atoms with Crippen LogP contribution in [0.25, 0.3) is 0 Å². The first-order chi connectivity index (χ1) is 13.8. The molecule has 0 spiro atoms. The molecule has 1 unspecified atom stereocenters. The molecule has 7 heteroatoms. The first-order valence-electron chi connectivity index (χ1n) is 9.67. The maximum Gasteiger partial charge on any atom is 0.241 e. The fraction of sp³-hybridized carbons (Fsp3) is 0.364. The van der Waals surface area contributed by atoms with Gasteiger partial charge >= 0.3 is 0 Å². The molecule has 5 nitrogen and oxygen atoms in total. The van der Waals surface area contributed by atoms with Gasteiger partial charge in [-0.05, 0) is 43.2 Å². The standard InChI is InChI=1S/C22H25ClFN3O2/c1-15-5-3-4-6-17(15)13-21(28)27-11-9-26(10-12-27)16(2)22(29)25-18-7-8-20(24)19(23)14-18/h3-8,14,16H,9-13H2,1-2H3,(H,25,29). The van der Waals surface area contributed by atoms with Crippen molar-refractivity contribution in [2.24, 2.45) is 0 Å². The Kier molecular flexibility index (Phi) is 6.87. The molecular weight excluding hydrogens is 393 g/mol. The average molecular weight is 418 g/mol. The van der Waals surface area contributed by atoms with Crippen LogP contribution < -0.4 is 5.32 Å². The highest BCUT2D eigenvalue weighted by Gasteiger charge is 2.27. The summed E-state index contributed by atoms with van der Waals surface area (Å²) in [5, 5.41) is 2.74. The summed E-state index contributed by atoms with van der Waals surface area (Å²) < 4.78 is 13.3. The smallest absolute Gasteiger partial charge is 0.241 e. The summed E-state index contributed by atoms with van der Waals surface area (Å²) >= 11 is 5.76. The van der Waals surface area contributed by atoms with Gasteiger partial charge in [-0.1, -0.05) is 35.9 Å². The van der Waals surface area contributed by atoms with Gasteiger partial charge in [0.25, 0.3) is 0 Å². The van der Waals surface area contributed by atoms with Crippen LogP contribution in [0.5, 0.6) is 0 Å². The van der Waals surface area contributed by atoms with Crippen molar-refractivity contribution in [2.45, 2.75) is 26.3 Å². The van der Waals surface area contributed by atoms with Gasteiger partial charge in [0.1, 0.15) is 5.82 Å². The minimum atomic E-state index is -0.524. The Labute approximate surface area is 175 Å². The van der Waals surface area contributed by atoms with Crippen LogP contribution in [0.4, 0.5) is 10.1 Å². The number of rotatable bonds is 5. The number of nitrogens with one attached hydrogen (secondary N) is 1. The molecule has 29 heavy (non-hydrogen) atoms. The van der Waals surface area contributed by atoms with Crippen LogP contribution in [0, 0.1) is 12.7 Å². The van der Waals surface area contributed by atoms with Crippen molar-refractivity contribution in [3.05, 3.63) is 64.4 Å². The molecule has 0 aliphatic carbocycles. The summed E-state index contributed by atoms with van der Waals surface area (Å²) in [4.78, 5) is 29.0. The molecule has 3 rings (SSSR count). The summed E-state index contributed by atoms with van der Waals surface area (Å²) in [6.45, 7) is 6.26. The summed E-state index contributed by atoms with van der Waals surface area (Å²) in [7, 11) is 0. The van der Waals surface area contributed by atoms with E-state index in [0.717, 1.165) is 11.1 Å². The van der Waals surface area contributed by atoms with E-state index in [0.29, 0.717) is 38.3 Å². The molecule has 154 valence electrons. The van der Waals surface area contributed by atoms with Gasteiger partial charge in [0.05, 0.1) is 17.5 Å². The van der Waals surface area contributed by atoms with Crippen LogP contribution in [0.15, 0.2) is 42.5 Å². The summed E-state index contributed by atoms with van der Waals surface area (Å²) in [6, 6.07) is 11.6. The first-order valence-corrected chi connectivity index (χ1v) is 10.0. The maximum absolute atomic E-state index is 13.3. The van der Waals surface area contributed by atoms with Gasteiger partial charge in [-0.25, -0.2) is 4.39 Å². The van der Waals surface area contributed by atoms with Gasteiger partial charge in [-0.15, -0.1) is 0 Å². The van der Waals surface area contributed by atoms with Crippen molar-refractivity contribution in [1.82, 2.24) is 9.80 Å². The van der Waals surface area contributed by atoms with Crippen LogP contribution in [-0.2, 0) is 16.0 Å². The van der Waals surface area contributed by atoms with Crippen LogP contribution in [0.3, 0.4) is 0 Å². The second kappa shape index (κ2) is 9.37. The number of piperazine rings is 1. The van der Waals surface area contributed by atoms with Crippen molar-refractivity contribution in [3.8, 4) is 0 Å². The van der Waals surface area contributed by atoms with E-state index in [2.05, 4.69) is 5.32 Å². The third-order valence-corrected chi connectivity index (χ3v) is 5.67. The Balaban J connectivity index is 1.51. The quantitative estimate of drug-likeness (QED) is 0.810. The Hall–Kier alpha value is -2.44. The molecule has 1 saturated heterocycles. The highest BCUT2D eigenvalue weighted by atomic mass is 35.5. The topological polar surface area (TPSA) is 52.7 Å². The number of anilines is 1. The highest BCUT2D eigenvalue weighted by Crippen LogP contribution is 2.20. The third-order valence-electron chi connectivity index (χ3n) is 5.38. The summed E-state index contributed by atoms with van der Waals surface area (Å²) in [5.41, 5.74) is 2.62. The fourth-order valence-electron chi connectivity index (χ4n) is 3.43. The number of nitrogens with zero attached hydrogens (tertiary/aromatic N) is 2. The van der Waals surface area contributed by atoms with Crippen molar-refractivity contribution in [3.63, 3.8) is 0 Å². The molecular formula is C22H25ClFN3O2. The normalized spacial score (nSPS) is 15.8. The summed E-state index contributed by atoms with van der Waals surface area (Å²) in [6.07, 6.45) is 0.397. The zero-order chi connectivity index (χ0) is 21.0. The maximum atomic E-state index is 13.3. The van der Waals surface area contributed by atoms with Gasteiger partial charge in [-0.2, -0.15) is 0 Å². The molecule has 1 atom stereocenters. The lowest BCUT2D eigenvalue weighted by molar-refractivity contribution is -0.133. The van der Waals surface area contributed by atoms with Gasteiger partial charge < -0.3 is 10.2 Å². The molecule has 2 aromatic carbocycles. The van der Waals surface area contributed by atoms with Crippen molar-refractivity contribution >= 4 is 29.1 Å². The van der Waals surface area contributed by atoms with E-state index in [1.165, 1.54) is 18.2 Å². The van der Waals surface area contributed by atoms with E-state index in [4.69, 9.17) is 11.6 Å². The van der Waals surface area contributed by atoms with Gasteiger partial charge in [0, 0.05) is 31.9 Å². The number of carbonyl (C=O) groups excluding carboxylic acids is 2. The predicted molar refractivity (Wildman–Crippen MR) is 113 cm³/mol. The molecule has 2 aromatic rings. The molecule has 2 amide bonds. The molecule has 0 aromatic heterocycles. The van der Waals surface area contributed by atoms with Crippen molar-refractivity contribution in [2.75, 3.05) is 31.5 Å². The minimum Gasteiger partial charge on any atom is -0.340 e. The van der Waals surface area contributed by atoms with E-state index in [-0.39, 0.29) is 22.9 Å². The lowest BCUT2D eigenvalue weighted by atomic mass is 10.1. The monoisotopic (exact) mass is 417 g/mol. The predicted octanol–water partition coefficient (Wildman–Crippen LogP) is 3.50. The summed E-state index contributed by atoms with van der Waals surface area (Å²) in [5.74, 6) is -0.603. The van der Waals surface area contributed by atoms with Gasteiger partial charge in [-0.3, -0.25) is 14.5 Å². The van der Waals surface area contributed by atoms with Crippen molar-refractivity contribution < 1.29 is 14.0 Å². The zero-order valence-corrected chi connectivity index (χ0v) is 17.4. The van der Waals surface area contributed by atoms with Gasteiger partial charge in [0.15, 0.2) is 0 Å². The lowest BCUT2D eigenvalue weighted by Crippen LogP contribution is -2.54. The molecule has 0 bridgehead atoms. The largest absolute Gasteiger partial charge is 0.340 e. The molecule has 1 aliphatic heterocycles. The van der Waals surface area contributed by atoms with Crippen LogP contribution in [-0.4, -0.2) is 53.8 Å². The SMILES string of the molecule is Cc1ccccc1CC(=O)N1CCN(C(C)C(=O)Nc2ccc(F)c(Cl)c2)CC1. The fourth-order valence-corrected chi connectivity index (χ4v) is 3.61. The number of aryl methyl sites for hydroxylation is 1. The molecule has 1 fully saturated rings. The van der Waals surface area contributed by atoms with E-state index in [9.17, 15) is 14.0 Å². The number of halogens is 2. The van der Waals surface area contributed by atoms with E-state index in [1.54, 1.807) is 0 Å². The first kappa shape index (κ1) is 21.3. The Morgan fingerprint density at radius 3 is 2.48 bits per heavy atom. The molecule has 0 radical (unpaired) electrons. The van der Waals surface area contributed by atoms with Crippen LogP contribution >= 0.6 is 11.6 Å². The Bertz CT molecular complexity index is 897. The van der Waals surface area contributed by atoms with E-state index in [1.807, 2.05) is 47.9 Å². The second-order valence-electron chi connectivity index (χ2n) is 7.31. The molecule has 1 aliphatic rings. The minimum absolute atomic E-state index is 0.0313. The number of amides is 2. The van der Waals surface area contributed by atoms with Crippen LogP contribution in [0.2, 0.25) is 5.02 Å². The number of benzene rings is 2. The van der Waals surface area contributed by atoms with E-state index >= 15 is 0 Å². The molecule has 0 saturated carbocycles. The lowest BCUT2D eigenvalue weighted by Gasteiger charge is -2.37. The number of hydrogen-bond acceptors (Lipinski definition) is 3. The van der Waals surface area contributed by atoms with E-state index < -0.39 is 5.82 Å². The second-order valence-corrected chi connectivity index (χ2v) is 7.72. The molecule has 1 heterocycles. The average Bonchev–Trinajstić information content (AvgIpc) is 2.72. The van der Waals surface area contributed by atoms with Crippen LogP contribution in [0.1, 0.15) is 18.1 Å².